The Morgan fingerprint density at radius 2 is 2.02 bits per heavy atom. The van der Waals surface area contributed by atoms with Crippen molar-refractivity contribution in [3.8, 4) is 5.75 Å². The number of nitrogens with one attached hydrogen (secondary N) is 2. The van der Waals surface area contributed by atoms with E-state index in [0.29, 0.717) is 22.8 Å². The fraction of sp³-hybridized carbons (Fsp3) is 0.462. The topological polar surface area (TPSA) is 172 Å². The first-order chi connectivity index (χ1) is 19.3. The van der Waals surface area contributed by atoms with Gasteiger partial charge in [0.05, 0.1) is 31.1 Å². The molecule has 0 fully saturated rings. The quantitative estimate of drug-likeness (QED) is 0.356. The predicted octanol–water partition coefficient (Wildman–Crippen LogP) is 2.21. The minimum atomic E-state index is -3.90. The van der Waals surface area contributed by atoms with Crippen LogP contribution >= 0.6 is 0 Å². The van der Waals surface area contributed by atoms with Crippen molar-refractivity contribution in [2.75, 3.05) is 37.4 Å². The molecule has 3 amide bonds. The van der Waals surface area contributed by atoms with Crippen LogP contribution in [0.4, 0.5) is 16.2 Å². The summed E-state index contributed by atoms with van der Waals surface area (Å²) in [5.41, 5.74) is 1.44. The Balaban J connectivity index is 1.62. The molecule has 3 N–H and O–H groups in total. The Morgan fingerprint density at radius 3 is 2.63 bits per heavy atom. The number of fused-ring (bicyclic) bond motifs is 1. The van der Waals surface area contributed by atoms with Crippen molar-refractivity contribution < 1.29 is 32.4 Å². The van der Waals surface area contributed by atoms with Crippen LogP contribution in [-0.4, -0.2) is 88.3 Å². The second-order valence-corrected chi connectivity index (χ2v) is 12.3. The van der Waals surface area contributed by atoms with Gasteiger partial charge in [-0.3, -0.25) is 4.79 Å². The number of aromatic nitrogens is 3. The highest BCUT2D eigenvalue weighted by atomic mass is 32.2. The maximum atomic E-state index is 13.7. The monoisotopic (exact) mass is 589 g/mol. The first-order valence-corrected chi connectivity index (χ1v) is 14.4. The van der Waals surface area contributed by atoms with E-state index in [4.69, 9.17) is 9.26 Å². The molecule has 3 atom stereocenters. The van der Waals surface area contributed by atoms with Gasteiger partial charge in [0.25, 0.3) is 15.9 Å². The molecule has 0 spiro atoms. The fourth-order valence-corrected chi connectivity index (χ4v) is 5.63. The number of sulfonamides is 1. The Bertz CT molecular complexity index is 1510. The number of carbonyl (C=O) groups is 2. The van der Waals surface area contributed by atoms with Crippen LogP contribution in [0.25, 0.3) is 0 Å². The smallest absolute Gasteiger partial charge is 0.323 e. The lowest BCUT2D eigenvalue weighted by atomic mass is 9.99. The lowest BCUT2D eigenvalue weighted by molar-refractivity contribution is 0.0387. The zero-order valence-electron chi connectivity index (χ0n) is 23.8. The second-order valence-electron chi connectivity index (χ2n) is 10.3. The summed E-state index contributed by atoms with van der Waals surface area (Å²) in [6.45, 7) is 6.85. The van der Waals surface area contributed by atoms with E-state index in [1.165, 1.54) is 34.8 Å². The number of likely N-dealkylation sites (N-methyl/N-ethyl adjacent to an activating group) is 1. The van der Waals surface area contributed by atoms with Gasteiger partial charge in [-0.05, 0) is 39.0 Å². The van der Waals surface area contributed by atoms with E-state index >= 15 is 0 Å². The Morgan fingerprint density at radius 1 is 1.29 bits per heavy atom. The third-order valence-electron chi connectivity index (χ3n) is 6.99. The first-order valence-electron chi connectivity index (χ1n) is 13.0. The molecule has 1 aromatic carbocycles. The summed E-state index contributed by atoms with van der Waals surface area (Å²) in [7, 11) is -0.768. The van der Waals surface area contributed by atoms with E-state index in [-0.39, 0.29) is 42.0 Å². The standard InChI is InChI=1S/C26H35N7O7S/c1-15-10-33(16(2)13-34)25(35)20-9-19(28-26(36)29-24-17(3)30-40-18(24)4)7-8-21(20)39-22(15)11-32(6)41(37,38)23-12-31(5)14-27-23/h7-9,12,14-16,22,34H,10-11,13H2,1-6H3,(H2,28,29,36)/t15-,16-,22+/m1/s1. The number of carbonyl (C=O) groups excluding carboxylic acids is 2. The highest BCUT2D eigenvalue weighted by Crippen LogP contribution is 2.31. The van der Waals surface area contributed by atoms with Gasteiger partial charge in [0, 0.05) is 38.4 Å². The molecule has 41 heavy (non-hydrogen) atoms. The highest BCUT2D eigenvalue weighted by Gasteiger charge is 2.35. The minimum Gasteiger partial charge on any atom is -0.488 e. The number of aryl methyl sites for hydroxylation is 3. The molecule has 0 radical (unpaired) electrons. The molecule has 4 rings (SSSR count). The molecule has 0 bridgehead atoms. The second kappa shape index (κ2) is 11.9. The van der Waals surface area contributed by atoms with Crippen molar-refractivity contribution in [1.29, 1.82) is 0 Å². The average Bonchev–Trinajstić information content (AvgIpc) is 3.51. The molecule has 0 aliphatic carbocycles. The zero-order chi connectivity index (χ0) is 30.1. The minimum absolute atomic E-state index is 0.0190. The van der Waals surface area contributed by atoms with Crippen LogP contribution in [0.1, 0.15) is 35.7 Å². The number of anilines is 2. The van der Waals surface area contributed by atoms with E-state index in [1.807, 2.05) is 6.92 Å². The van der Waals surface area contributed by atoms with Gasteiger partial charge in [-0.1, -0.05) is 12.1 Å². The summed E-state index contributed by atoms with van der Waals surface area (Å²) in [6.07, 6.45) is 2.18. The van der Waals surface area contributed by atoms with Crippen LogP contribution in [0.2, 0.25) is 0 Å². The van der Waals surface area contributed by atoms with Crippen LogP contribution in [0, 0.1) is 19.8 Å². The normalized spacial score (nSPS) is 18.3. The number of hydrogen-bond donors (Lipinski definition) is 3. The van der Waals surface area contributed by atoms with Crippen molar-refractivity contribution >= 4 is 33.3 Å². The number of benzene rings is 1. The number of amides is 3. The highest BCUT2D eigenvalue weighted by molar-refractivity contribution is 7.89. The van der Waals surface area contributed by atoms with Gasteiger partial charge in [0.1, 0.15) is 23.2 Å². The van der Waals surface area contributed by atoms with Crippen LogP contribution in [0.5, 0.6) is 5.75 Å². The van der Waals surface area contributed by atoms with Crippen LogP contribution in [0.3, 0.4) is 0 Å². The summed E-state index contributed by atoms with van der Waals surface area (Å²) in [4.78, 5) is 31.9. The molecule has 3 aromatic rings. The molecule has 1 aliphatic heterocycles. The summed E-state index contributed by atoms with van der Waals surface area (Å²) in [5, 5.41) is 19.0. The van der Waals surface area contributed by atoms with E-state index in [0.717, 1.165) is 0 Å². The number of imidazole rings is 1. The molecule has 0 saturated carbocycles. The van der Waals surface area contributed by atoms with E-state index < -0.39 is 34.1 Å². The Labute approximate surface area is 238 Å². The Hall–Kier alpha value is -3.95. The van der Waals surface area contributed by atoms with Crippen LogP contribution in [0.15, 0.2) is 40.3 Å². The number of ether oxygens (including phenoxy) is 1. The van der Waals surface area contributed by atoms with Crippen molar-refractivity contribution in [2.45, 2.75) is 44.9 Å². The molecule has 222 valence electrons. The third kappa shape index (κ3) is 6.36. The summed E-state index contributed by atoms with van der Waals surface area (Å²) < 4.78 is 40.4. The molecule has 2 aromatic heterocycles. The number of urea groups is 1. The molecule has 15 heteroatoms. The van der Waals surface area contributed by atoms with E-state index in [2.05, 4.69) is 20.8 Å². The SMILES string of the molecule is Cc1noc(C)c1NC(=O)Nc1ccc2c(c1)C(=O)N([C@H](C)CO)C[C@@H](C)[C@H](CN(C)S(=O)(=O)c1cn(C)cn1)O2. The Kier molecular flexibility index (Phi) is 8.70. The molecule has 1 aliphatic rings. The predicted molar refractivity (Wildman–Crippen MR) is 149 cm³/mol. The molecular formula is C26H35N7O7S. The third-order valence-corrected chi connectivity index (χ3v) is 8.70. The van der Waals surface area contributed by atoms with E-state index in [1.54, 1.807) is 44.5 Å². The van der Waals surface area contributed by atoms with Crippen molar-refractivity contribution in [2.24, 2.45) is 13.0 Å². The van der Waals surface area contributed by atoms with Crippen LogP contribution < -0.4 is 15.4 Å². The van der Waals surface area contributed by atoms with Gasteiger partial charge >= 0.3 is 6.03 Å². The van der Waals surface area contributed by atoms with Gasteiger partial charge in [-0.25, -0.2) is 18.2 Å². The van der Waals surface area contributed by atoms with Crippen molar-refractivity contribution in [3.63, 3.8) is 0 Å². The summed E-state index contributed by atoms with van der Waals surface area (Å²) >= 11 is 0. The molecule has 3 heterocycles. The maximum absolute atomic E-state index is 13.7. The molecule has 0 saturated heterocycles. The number of nitrogens with zero attached hydrogens (tertiary/aromatic N) is 5. The van der Waals surface area contributed by atoms with Gasteiger partial charge < -0.3 is 34.5 Å². The molecule has 14 nitrogen and oxygen atoms in total. The van der Waals surface area contributed by atoms with Crippen LogP contribution in [-0.2, 0) is 17.1 Å². The molecule has 0 unspecified atom stereocenters. The number of hydrogen-bond acceptors (Lipinski definition) is 9. The molecular weight excluding hydrogens is 554 g/mol. The lowest BCUT2D eigenvalue weighted by Gasteiger charge is -2.38. The summed E-state index contributed by atoms with van der Waals surface area (Å²) in [5.74, 6) is -0.0255. The van der Waals surface area contributed by atoms with Gasteiger partial charge in [-0.15, -0.1) is 0 Å². The van der Waals surface area contributed by atoms with Crippen molar-refractivity contribution in [1.82, 2.24) is 23.9 Å². The number of rotatable bonds is 8. The zero-order valence-corrected chi connectivity index (χ0v) is 24.6. The van der Waals surface area contributed by atoms with Crippen molar-refractivity contribution in [3.05, 3.63) is 47.7 Å². The van der Waals surface area contributed by atoms with E-state index in [9.17, 15) is 23.1 Å². The number of aliphatic hydroxyl groups excluding tert-OH is 1. The number of aliphatic hydroxyl groups is 1. The fourth-order valence-electron chi connectivity index (χ4n) is 4.49. The largest absolute Gasteiger partial charge is 0.488 e. The lowest BCUT2D eigenvalue weighted by Crippen LogP contribution is -2.50. The first kappa shape index (κ1) is 30.0. The summed E-state index contributed by atoms with van der Waals surface area (Å²) in [6, 6.07) is 3.54. The van der Waals surface area contributed by atoms with Gasteiger partial charge in [-0.2, -0.15) is 4.31 Å². The van der Waals surface area contributed by atoms with Gasteiger partial charge in [0.15, 0.2) is 10.8 Å². The average molecular weight is 590 g/mol. The maximum Gasteiger partial charge on any atom is 0.323 e. The van der Waals surface area contributed by atoms with Gasteiger partial charge in [0.2, 0.25) is 0 Å².